The molecule has 242 valence electrons. The molecule has 0 heterocycles. The van der Waals surface area contributed by atoms with E-state index >= 15 is 0 Å². The Hall–Kier alpha value is -3.27. The highest BCUT2D eigenvalue weighted by molar-refractivity contribution is 7.92. The van der Waals surface area contributed by atoms with Crippen molar-refractivity contribution in [3.05, 3.63) is 94.0 Å². The molecule has 3 aromatic rings. The quantitative estimate of drug-likeness (QED) is 0.207. The lowest BCUT2D eigenvalue weighted by molar-refractivity contribution is -0.141. The van der Waals surface area contributed by atoms with Gasteiger partial charge in [0.05, 0.1) is 24.1 Å². The Balaban J connectivity index is 1.60. The number of rotatable bonds is 14. The molecule has 0 aliphatic heterocycles. The fourth-order valence-electron chi connectivity index (χ4n) is 5.72. The van der Waals surface area contributed by atoms with Crippen LogP contribution in [-0.4, -0.2) is 57.1 Å². The maximum atomic E-state index is 14.1. The van der Waals surface area contributed by atoms with Crippen molar-refractivity contribution in [2.45, 2.75) is 70.0 Å². The van der Waals surface area contributed by atoms with Crippen molar-refractivity contribution in [2.24, 2.45) is 0 Å². The average Bonchev–Trinajstić information content (AvgIpc) is 3.02. The van der Waals surface area contributed by atoms with Crippen LogP contribution >= 0.6 is 23.2 Å². The maximum absolute atomic E-state index is 14.1. The van der Waals surface area contributed by atoms with E-state index < -0.39 is 16.1 Å². The molecule has 11 heteroatoms. The molecule has 1 aliphatic carbocycles. The molecule has 1 atom stereocenters. The molecule has 3 aromatic carbocycles. The van der Waals surface area contributed by atoms with Gasteiger partial charge in [-0.1, -0.05) is 91.0 Å². The number of ether oxygens (including phenoxy) is 1. The van der Waals surface area contributed by atoms with Gasteiger partial charge in [0.15, 0.2) is 0 Å². The summed E-state index contributed by atoms with van der Waals surface area (Å²) in [4.78, 5) is 29.7. The van der Waals surface area contributed by atoms with Gasteiger partial charge in [0, 0.05) is 37.0 Å². The van der Waals surface area contributed by atoms with Crippen molar-refractivity contribution < 1.29 is 22.7 Å². The van der Waals surface area contributed by atoms with Gasteiger partial charge in [-0.25, -0.2) is 8.42 Å². The SMILES string of the molecule is COc1ccc(N(CCCC(=O)N(Cc2ccccc2Cl)C(Cc2ccccc2)C(=O)NC2CCCCC2)S(C)(=O)=O)cc1Cl. The van der Waals surface area contributed by atoms with Gasteiger partial charge >= 0.3 is 0 Å². The third-order valence-electron chi connectivity index (χ3n) is 8.10. The predicted molar refractivity (Wildman–Crippen MR) is 180 cm³/mol. The van der Waals surface area contributed by atoms with Gasteiger partial charge < -0.3 is 15.0 Å². The maximum Gasteiger partial charge on any atom is 0.243 e. The number of hydrogen-bond acceptors (Lipinski definition) is 5. The van der Waals surface area contributed by atoms with Gasteiger partial charge in [-0.15, -0.1) is 0 Å². The molecule has 0 saturated heterocycles. The van der Waals surface area contributed by atoms with Gasteiger partial charge in [-0.2, -0.15) is 0 Å². The average molecular weight is 675 g/mol. The summed E-state index contributed by atoms with van der Waals surface area (Å²) < 4.78 is 32.0. The van der Waals surface area contributed by atoms with Crippen LogP contribution in [0.2, 0.25) is 10.0 Å². The van der Waals surface area contributed by atoms with E-state index in [1.54, 1.807) is 23.1 Å². The third kappa shape index (κ3) is 9.86. The van der Waals surface area contributed by atoms with E-state index in [0.29, 0.717) is 22.9 Å². The van der Waals surface area contributed by atoms with E-state index in [2.05, 4.69) is 5.32 Å². The topological polar surface area (TPSA) is 96.0 Å². The van der Waals surface area contributed by atoms with Crippen LogP contribution in [0.25, 0.3) is 0 Å². The van der Waals surface area contributed by atoms with Gasteiger partial charge in [-0.3, -0.25) is 13.9 Å². The molecule has 2 amide bonds. The molecular weight excluding hydrogens is 633 g/mol. The molecule has 1 saturated carbocycles. The number of carbonyl (C=O) groups excluding carboxylic acids is 2. The first-order chi connectivity index (χ1) is 21.6. The molecule has 45 heavy (non-hydrogen) atoms. The summed E-state index contributed by atoms with van der Waals surface area (Å²) in [7, 11) is -2.20. The zero-order valence-corrected chi connectivity index (χ0v) is 28.1. The second kappa shape index (κ2) is 16.3. The first kappa shape index (κ1) is 34.6. The summed E-state index contributed by atoms with van der Waals surface area (Å²) in [6.07, 6.45) is 6.79. The van der Waals surface area contributed by atoms with E-state index in [1.807, 2.05) is 48.5 Å². The van der Waals surface area contributed by atoms with Crippen LogP contribution < -0.4 is 14.4 Å². The smallest absolute Gasteiger partial charge is 0.243 e. The summed E-state index contributed by atoms with van der Waals surface area (Å²) in [6, 6.07) is 20.9. The first-order valence-corrected chi connectivity index (χ1v) is 17.9. The van der Waals surface area contributed by atoms with Crippen LogP contribution in [0.5, 0.6) is 5.75 Å². The summed E-state index contributed by atoms with van der Waals surface area (Å²) >= 11 is 12.8. The molecule has 1 aliphatic rings. The Bertz CT molecular complexity index is 1550. The lowest BCUT2D eigenvalue weighted by atomic mass is 9.94. The van der Waals surface area contributed by atoms with E-state index in [4.69, 9.17) is 27.9 Å². The molecule has 1 N–H and O–H groups in total. The predicted octanol–water partition coefficient (Wildman–Crippen LogP) is 6.64. The van der Waals surface area contributed by atoms with Crippen LogP contribution in [0.4, 0.5) is 5.69 Å². The van der Waals surface area contributed by atoms with Crippen LogP contribution in [-0.2, 0) is 32.6 Å². The van der Waals surface area contributed by atoms with Gasteiger partial charge in [0.1, 0.15) is 11.8 Å². The standard InChI is InChI=1S/C34H41Cl2N3O5S/c1-44-32-20-19-28(23-30(32)36)39(45(2,42)43)21-11-18-33(40)38(24-26-14-9-10-17-29(26)35)31(22-25-12-5-3-6-13-25)34(41)37-27-15-7-4-8-16-27/h3,5-6,9-10,12-14,17,19-20,23,27,31H,4,7-8,11,15-16,18,21-22,24H2,1-2H3,(H,37,41). The molecule has 1 fully saturated rings. The molecular formula is C34H41Cl2N3O5S. The van der Waals surface area contributed by atoms with Crippen LogP contribution in [0.3, 0.4) is 0 Å². The summed E-state index contributed by atoms with van der Waals surface area (Å²) in [5.41, 5.74) is 2.03. The van der Waals surface area contributed by atoms with Crippen molar-refractivity contribution >= 4 is 50.7 Å². The Labute approximate surface area is 276 Å². The van der Waals surface area contributed by atoms with Crippen molar-refractivity contribution in [2.75, 3.05) is 24.2 Å². The number of sulfonamides is 1. The molecule has 1 unspecified atom stereocenters. The Kier molecular flexibility index (Phi) is 12.6. The van der Waals surface area contributed by atoms with Crippen LogP contribution in [0.1, 0.15) is 56.1 Å². The lowest BCUT2D eigenvalue weighted by Gasteiger charge is -2.34. The number of methoxy groups -OCH3 is 1. The largest absolute Gasteiger partial charge is 0.495 e. The van der Waals surface area contributed by atoms with E-state index in [-0.39, 0.29) is 48.8 Å². The molecule has 0 radical (unpaired) electrons. The van der Waals surface area contributed by atoms with Gasteiger partial charge in [-0.05, 0) is 54.7 Å². The first-order valence-electron chi connectivity index (χ1n) is 15.2. The normalized spacial score (nSPS) is 14.4. The molecule has 4 rings (SSSR count). The number of anilines is 1. The second-order valence-corrected chi connectivity index (χ2v) is 14.1. The highest BCUT2D eigenvalue weighted by atomic mass is 35.5. The van der Waals surface area contributed by atoms with Crippen LogP contribution in [0.15, 0.2) is 72.8 Å². The number of amides is 2. The monoisotopic (exact) mass is 673 g/mol. The highest BCUT2D eigenvalue weighted by Crippen LogP contribution is 2.30. The lowest BCUT2D eigenvalue weighted by Crippen LogP contribution is -2.53. The second-order valence-electron chi connectivity index (χ2n) is 11.4. The summed E-state index contributed by atoms with van der Waals surface area (Å²) in [5.74, 6) is -0.0390. The van der Waals surface area contributed by atoms with Gasteiger partial charge in [0.25, 0.3) is 0 Å². The van der Waals surface area contributed by atoms with Crippen molar-refractivity contribution in [1.29, 1.82) is 0 Å². The zero-order chi connectivity index (χ0) is 32.4. The van der Waals surface area contributed by atoms with E-state index in [9.17, 15) is 18.0 Å². The molecule has 0 bridgehead atoms. The Morgan fingerprint density at radius 1 is 0.956 bits per heavy atom. The fourth-order valence-corrected chi connectivity index (χ4v) is 7.13. The number of carbonyl (C=O) groups is 2. The number of halogens is 2. The third-order valence-corrected chi connectivity index (χ3v) is 9.95. The van der Waals surface area contributed by atoms with Crippen molar-refractivity contribution in [3.63, 3.8) is 0 Å². The molecule has 0 aromatic heterocycles. The van der Waals surface area contributed by atoms with E-state index in [1.165, 1.54) is 17.5 Å². The van der Waals surface area contributed by atoms with Crippen molar-refractivity contribution in [3.8, 4) is 5.75 Å². The minimum atomic E-state index is -3.69. The summed E-state index contributed by atoms with van der Waals surface area (Å²) in [5, 5.41) is 4.01. The minimum absolute atomic E-state index is 0.0162. The Morgan fingerprint density at radius 2 is 1.64 bits per heavy atom. The molecule has 0 spiro atoms. The highest BCUT2D eigenvalue weighted by Gasteiger charge is 2.32. The van der Waals surface area contributed by atoms with Crippen LogP contribution in [0, 0.1) is 0 Å². The minimum Gasteiger partial charge on any atom is -0.495 e. The molecule has 8 nitrogen and oxygen atoms in total. The number of hydrogen-bond donors (Lipinski definition) is 1. The number of benzene rings is 3. The summed E-state index contributed by atoms with van der Waals surface area (Å²) in [6.45, 7) is 0.183. The van der Waals surface area contributed by atoms with Crippen molar-refractivity contribution in [1.82, 2.24) is 10.2 Å². The number of nitrogens with one attached hydrogen (secondary N) is 1. The van der Waals surface area contributed by atoms with E-state index in [0.717, 1.165) is 49.5 Å². The van der Waals surface area contributed by atoms with Gasteiger partial charge in [0.2, 0.25) is 21.8 Å². The fraction of sp³-hybridized carbons (Fsp3) is 0.412. The number of nitrogens with zero attached hydrogens (tertiary/aromatic N) is 2. The zero-order valence-electron chi connectivity index (χ0n) is 25.8. The Morgan fingerprint density at radius 3 is 2.29 bits per heavy atom.